The molecule has 1 aliphatic heterocycles. The lowest BCUT2D eigenvalue weighted by atomic mass is 10.2. The Balaban J connectivity index is 1.70. The lowest BCUT2D eigenvalue weighted by molar-refractivity contribution is 0.141. The van der Waals surface area contributed by atoms with Crippen LogP contribution in [-0.4, -0.2) is 49.1 Å². The van der Waals surface area contributed by atoms with Crippen LogP contribution in [0.4, 0.5) is 16.0 Å². The number of aryl methyl sites for hydroxylation is 2. The van der Waals surface area contributed by atoms with Gasteiger partial charge in [-0.15, -0.1) is 0 Å². The summed E-state index contributed by atoms with van der Waals surface area (Å²) in [6, 6.07) is 5.13. The summed E-state index contributed by atoms with van der Waals surface area (Å²) in [7, 11) is 1.51. The van der Waals surface area contributed by atoms with Gasteiger partial charge in [0.05, 0.1) is 25.1 Å². The van der Waals surface area contributed by atoms with Crippen molar-refractivity contribution in [1.29, 1.82) is 0 Å². The third-order valence-corrected chi connectivity index (χ3v) is 4.27. The molecule has 0 spiro atoms. The Kier molecular flexibility index (Phi) is 4.74. The van der Waals surface area contributed by atoms with E-state index >= 15 is 0 Å². The molecule has 0 amide bonds. The van der Waals surface area contributed by atoms with E-state index in [-0.39, 0.29) is 17.7 Å². The Labute approximate surface area is 158 Å². The first-order valence-corrected chi connectivity index (χ1v) is 8.65. The Bertz CT molecular complexity index is 1060. The minimum Gasteiger partial charge on any atom is -0.486 e. The van der Waals surface area contributed by atoms with Crippen molar-refractivity contribution in [2.75, 3.05) is 18.5 Å². The number of tetrazole rings is 1. The van der Waals surface area contributed by atoms with E-state index in [1.165, 1.54) is 7.05 Å². The largest absolute Gasteiger partial charge is 0.486 e. The Morgan fingerprint density at radius 3 is 2.89 bits per heavy atom. The van der Waals surface area contributed by atoms with Gasteiger partial charge in [-0.3, -0.25) is 0 Å². The summed E-state index contributed by atoms with van der Waals surface area (Å²) in [6.45, 7) is 2.66. The second-order valence-corrected chi connectivity index (χ2v) is 6.33. The average molecular weight is 387 g/mol. The van der Waals surface area contributed by atoms with Gasteiger partial charge in [0.25, 0.3) is 0 Å². The van der Waals surface area contributed by atoms with Gasteiger partial charge >= 0.3 is 5.69 Å². The number of hydrogen-bond donors (Lipinski definition) is 1. The summed E-state index contributed by atoms with van der Waals surface area (Å²) < 4.78 is 27.0. The monoisotopic (exact) mass is 387 g/mol. The van der Waals surface area contributed by atoms with Crippen molar-refractivity contribution >= 4 is 11.6 Å². The number of ether oxygens (including phenoxy) is 2. The van der Waals surface area contributed by atoms with Gasteiger partial charge in [-0.2, -0.15) is 9.36 Å². The molecule has 4 rings (SSSR count). The first-order valence-electron chi connectivity index (χ1n) is 8.65. The van der Waals surface area contributed by atoms with Crippen LogP contribution < -0.4 is 15.7 Å². The zero-order valence-corrected chi connectivity index (χ0v) is 15.3. The molecule has 0 saturated carbocycles. The lowest BCUT2D eigenvalue weighted by Gasteiger charge is -2.16. The Morgan fingerprint density at radius 1 is 1.36 bits per heavy atom. The molecule has 3 aromatic rings. The van der Waals surface area contributed by atoms with Gasteiger partial charge in [-0.25, -0.2) is 19.2 Å². The van der Waals surface area contributed by atoms with E-state index in [1.54, 1.807) is 25.1 Å². The van der Waals surface area contributed by atoms with E-state index in [0.29, 0.717) is 30.3 Å². The summed E-state index contributed by atoms with van der Waals surface area (Å²) >= 11 is 0. The molecular weight excluding hydrogens is 369 g/mol. The van der Waals surface area contributed by atoms with Gasteiger partial charge < -0.3 is 14.8 Å². The van der Waals surface area contributed by atoms with Crippen LogP contribution in [0.5, 0.6) is 5.75 Å². The topological polar surface area (TPSA) is 109 Å². The van der Waals surface area contributed by atoms with E-state index in [0.717, 1.165) is 22.0 Å². The maximum atomic E-state index is 13.4. The zero-order chi connectivity index (χ0) is 19.7. The molecule has 1 fully saturated rings. The molecule has 0 bridgehead atoms. The van der Waals surface area contributed by atoms with Crippen molar-refractivity contribution in [1.82, 2.24) is 29.8 Å². The number of nitrogens with zero attached hydrogens (tertiary/aromatic N) is 6. The minimum atomic E-state index is -0.486. The minimum absolute atomic E-state index is 0.104. The average Bonchev–Trinajstić information content (AvgIpc) is 3.30. The molecule has 0 radical (unpaired) electrons. The first kappa shape index (κ1) is 18.0. The molecule has 11 heteroatoms. The number of nitrogens with one attached hydrogen (secondary N) is 1. The normalized spacial score (nSPS) is 16.3. The van der Waals surface area contributed by atoms with Crippen LogP contribution in [-0.2, 0) is 11.8 Å². The van der Waals surface area contributed by atoms with Crippen LogP contribution in [0.2, 0.25) is 0 Å². The fourth-order valence-electron chi connectivity index (χ4n) is 2.75. The van der Waals surface area contributed by atoms with Gasteiger partial charge in [0.2, 0.25) is 5.95 Å². The van der Waals surface area contributed by atoms with Crippen molar-refractivity contribution in [3.05, 3.63) is 46.4 Å². The molecule has 1 aliphatic rings. The van der Waals surface area contributed by atoms with Crippen molar-refractivity contribution in [2.24, 2.45) is 7.05 Å². The number of benzene rings is 1. The number of halogens is 1. The van der Waals surface area contributed by atoms with Gasteiger partial charge in [-0.05, 0) is 35.5 Å². The van der Waals surface area contributed by atoms with Crippen LogP contribution in [0.15, 0.2) is 29.2 Å². The van der Waals surface area contributed by atoms with Crippen molar-refractivity contribution in [3.8, 4) is 11.4 Å². The van der Waals surface area contributed by atoms with Crippen LogP contribution in [0.1, 0.15) is 12.1 Å². The predicted octanol–water partition coefficient (Wildman–Crippen LogP) is 1.11. The highest BCUT2D eigenvalue weighted by molar-refractivity contribution is 5.62. The van der Waals surface area contributed by atoms with Crippen LogP contribution in [0.3, 0.4) is 0 Å². The number of anilines is 2. The predicted molar refractivity (Wildman–Crippen MR) is 96.5 cm³/mol. The van der Waals surface area contributed by atoms with E-state index in [9.17, 15) is 9.18 Å². The van der Waals surface area contributed by atoms with E-state index in [1.807, 2.05) is 0 Å². The van der Waals surface area contributed by atoms with Gasteiger partial charge in [0, 0.05) is 19.2 Å². The van der Waals surface area contributed by atoms with Gasteiger partial charge in [0.1, 0.15) is 17.5 Å². The maximum Gasteiger partial charge on any atom is 0.368 e. The zero-order valence-electron chi connectivity index (χ0n) is 15.3. The second kappa shape index (κ2) is 7.35. The van der Waals surface area contributed by atoms with Crippen LogP contribution in [0.25, 0.3) is 5.69 Å². The fourth-order valence-corrected chi connectivity index (χ4v) is 2.75. The van der Waals surface area contributed by atoms with Gasteiger partial charge in [0.15, 0.2) is 5.82 Å². The molecule has 1 aromatic carbocycles. The molecule has 2 aromatic heterocycles. The van der Waals surface area contributed by atoms with Crippen LogP contribution in [0, 0.1) is 12.7 Å². The third kappa shape index (κ3) is 3.56. The maximum absolute atomic E-state index is 13.4. The van der Waals surface area contributed by atoms with Crippen LogP contribution >= 0.6 is 0 Å². The molecule has 0 aliphatic carbocycles. The number of aromatic nitrogens is 6. The van der Waals surface area contributed by atoms with E-state index in [4.69, 9.17) is 9.47 Å². The Hall–Kier alpha value is -3.34. The highest BCUT2D eigenvalue weighted by Crippen LogP contribution is 2.28. The summed E-state index contributed by atoms with van der Waals surface area (Å²) in [6.07, 6.45) is 1.75. The third-order valence-electron chi connectivity index (χ3n) is 4.27. The molecule has 146 valence electrons. The number of rotatable bonds is 5. The highest BCUT2D eigenvalue weighted by atomic mass is 19.1. The standard InChI is InChI=1S/C17H18FN7O3/c1-10-13(18)8-19-16(20-10)21-11-3-4-15(28-12-5-6-27-9-12)14(7-11)25-17(26)24(2)22-23-25/h3-4,7-8,12H,5-6,9H2,1-2H3,(H,19,20,21)/t12-/m0/s1. The molecule has 3 heterocycles. The Morgan fingerprint density at radius 2 is 2.21 bits per heavy atom. The smallest absolute Gasteiger partial charge is 0.368 e. The molecule has 0 unspecified atom stereocenters. The van der Waals surface area contributed by atoms with Crippen molar-refractivity contribution in [2.45, 2.75) is 19.4 Å². The molecule has 1 atom stereocenters. The van der Waals surface area contributed by atoms with E-state index in [2.05, 4.69) is 25.7 Å². The molecular formula is C17H18FN7O3. The molecule has 1 N–H and O–H groups in total. The summed E-state index contributed by atoms with van der Waals surface area (Å²) in [5.41, 5.74) is 0.796. The number of hydrogen-bond acceptors (Lipinski definition) is 8. The SMILES string of the molecule is Cc1nc(Nc2ccc(O[C@H]3CCOC3)c(-n3nnn(C)c3=O)c2)ncc1F. The molecule has 10 nitrogen and oxygen atoms in total. The lowest BCUT2D eigenvalue weighted by Crippen LogP contribution is -2.24. The summed E-state index contributed by atoms with van der Waals surface area (Å²) in [4.78, 5) is 20.3. The fraction of sp³-hybridized carbons (Fsp3) is 0.353. The summed E-state index contributed by atoms with van der Waals surface area (Å²) in [5.74, 6) is 0.217. The summed E-state index contributed by atoms with van der Waals surface area (Å²) in [5, 5.41) is 10.6. The second-order valence-electron chi connectivity index (χ2n) is 6.33. The molecule has 1 saturated heterocycles. The van der Waals surface area contributed by atoms with Crippen molar-refractivity contribution < 1.29 is 13.9 Å². The molecule has 28 heavy (non-hydrogen) atoms. The quantitative estimate of drug-likeness (QED) is 0.694. The first-order chi connectivity index (χ1) is 13.5. The van der Waals surface area contributed by atoms with Crippen molar-refractivity contribution in [3.63, 3.8) is 0 Å². The van der Waals surface area contributed by atoms with Gasteiger partial charge in [-0.1, -0.05) is 0 Å². The highest BCUT2D eigenvalue weighted by Gasteiger charge is 2.21. The van der Waals surface area contributed by atoms with E-state index < -0.39 is 11.5 Å².